The van der Waals surface area contributed by atoms with Crippen LogP contribution in [0, 0.1) is 11.8 Å². The van der Waals surface area contributed by atoms with Gasteiger partial charge in [-0.05, 0) is 49.7 Å². The van der Waals surface area contributed by atoms with Gasteiger partial charge < -0.3 is 10.5 Å². The van der Waals surface area contributed by atoms with Crippen molar-refractivity contribution in [3.8, 4) is 0 Å². The maximum Gasteiger partial charge on any atom is 0.115 e. The van der Waals surface area contributed by atoms with E-state index in [4.69, 9.17) is 10.5 Å². The van der Waals surface area contributed by atoms with E-state index in [2.05, 4.69) is 25.8 Å². The predicted octanol–water partition coefficient (Wildman–Crippen LogP) is 3.70. The van der Waals surface area contributed by atoms with Crippen LogP contribution in [0.3, 0.4) is 0 Å². The second-order valence-corrected chi connectivity index (χ2v) is 6.42. The topological polar surface area (TPSA) is 48.1 Å². The van der Waals surface area contributed by atoms with Crippen LogP contribution in [0.15, 0.2) is 24.4 Å². The van der Waals surface area contributed by atoms with Crippen molar-refractivity contribution < 1.29 is 4.74 Å². The van der Waals surface area contributed by atoms with E-state index < -0.39 is 0 Å². The lowest BCUT2D eigenvalue weighted by atomic mass is 9.81. The summed E-state index contributed by atoms with van der Waals surface area (Å²) in [5.41, 5.74) is 7.24. The lowest BCUT2D eigenvalue weighted by Crippen LogP contribution is -2.35. The molecule has 2 N–H and O–H groups in total. The number of nitrogens with zero attached hydrogens (tertiary/aromatic N) is 1. The van der Waals surface area contributed by atoms with Gasteiger partial charge in [0.25, 0.3) is 0 Å². The second kappa shape index (κ2) is 7.19. The monoisotopic (exact) mass is 276 g/mol. The number of hydrogen-bond acceptors (Lipinski definition) is 3. The third kappa shape index (κ3) is 4.03. The van der Waals surface area contributed by atoms with E-state index in [1.165, 1.54) is 6.42 Å². The van der Waals surface area contributed by atoms with E-state index in [9.17, 15) is 0 Å². The highest BCUT2D eigenvalue weighted by Crippen LogP contribution is 2.34. The summed E-state index contributed by atoms with van der Waals surface area (Å²) in [5, 5.41) is 0. The van der Waals surface area contributed by atoms with E-state index in [1.807, 2.05) is 24.4 Å². The minimum Gasteiger partial charge on any atom is -0.367 e. The summed E-state index contributed by atoms with van der Waals surface area (Å²) in [5.74, 6) is 1.48. The van der Waals surface area contributed by atoms with Crippen LogP contribution >= 0.6 is 0 Å². The van der Waals surface area contributed by atoms with Gasteiger partial charge in [-0.2, -0.15) is 0 Å². The summed E-state index contributed by atoms with van der Waals surface area (Å²) in [7, 11) is 0. The molecule has 4 atom stereocenters. The molecule has 1 aromatic heterocycles. The third-order valence-electron chi connectivity index (χ3n) is 4.31. The molecular formula is C17H28N2O. The second-order valence-electron chi connectivity index (χ2n) is 6.42. The van der Waals surface area contributed by atoms with E-state index >= 15 is 0 Å². The first-order chi connectivity index (χ1) is 9.60. The number of pyridine rings is 1. The number of hydrogen-bond donors (Lipinski definition) is 1. The Bertz CT molecular complexity index is 385. The summed E-state index contributed by atoms with van der Waals surface area (Å²) in [6, 6.07) is 5.98. The van der Waals surface area contributed by atoms with Crippen LogP contribution in [0.1, 0.15) is 58.3 Å². The standard InChI is InChI=1S/C17H28N2O/c1-4-15(18)17(16-7-5-6-8-19-16)20-14-10-12(2)9-13(3)11-14/h5-8,12-15,17H,4,9-11,18H2,1-3H3. The highest BCUT2D eigenvalue weighted by molar-refractivity contribution is 5.09. The molecule has 3 nitrogen and oxygen atoms in total. The quantitative estimate of drug-likeness (QED) is 0.892. The molecular weight excluding hydrogens is 248 g/mol. The third-order valence-corrected chi connectivity index (χ3v) is 4.31. The average molecular weight is 276 g/mol. The molecule has 3 heteroatoms. The molecule has 0 aromatic carbocycles. The van der Waals surface area contributed by atoms with Gasteiger partial charge >= 0.3 is 0 Å². The van der Waals surface area contributed by atoms with E-state index in [0.717, 1.165) is 36.8 Å². The van der Waals surface area contributed by atoms with Gasteiger partial charge in [0.1, 0.15) is 6.10 Å². The molecule has 2 rings (SSSR count). The van der Waals surface area contributed by atoms with Gasteiger partial charge in [0, 0.05) is 12.2 Å². The first kappa shape index (κ1) is 15.5. The highest BCUT2D eigenvalue weighted by Gasteiger charge is 2.29. The van der Waals surface area contributed by atoms with Crippen molar-refractivity contribution in [2.75, 3.05) is 0 Å². The molecule has 0 bridgehead atoms. The van der Waals surface area contributed by atoms with Crippen LogP contribution in [-0.4, -0.2) is 17.1 Å². The highest BCUT2D eigenvalue weighted by atomic mass is 16.5. The molecule has 1 aliphatic rings. The van der Waals surface area contributed by atoms with E-state index in [0.29, 0.717) is 6.10 Å². The molecule has 0 amide bonds. The number of rotatable bonds is 5. The van der Waals surface area contributed by atoms with Gasteiger partial charge in [-0.1, -0.05) is 26.8 Å². The van der Waals surface area contributed by atoms with Crippen LogP contribution in [0.5, 0.6) is 0 Å². The Hall–Kier alpha value is -0.930. The van der Waals surface area contributed by atoms with Gasteiger partial charge in [0.2, 0.25) is 0 Å². The molecule has 1 fully saturated rings. The molecule has 1 aromatic rings. The Labute approximate surface area is 122 Å². The molecule has 1 saturated carbocycles. The zero-order chi connectivity index (χ0) is 14.5. The fraction of sp³-hybridized carbons (Fsp3) is 0.706. The van der Waals surface area contributed by atoms with Gasteiger partial charge in [-0.15, -0.1) is 0 Å². The SMILES string of the molecule is CCC(N)C(OC1CC(C)CC(C)C1)c1ccccn1. The molecule has 1 aliphatic carbocycles. The molecule has 4 unspecified atom stereocenters. The van der Waals surface area contributed by atoms with Crippen molar-refractivity contribution in [1.82, 2.24) is 4.98 Å². The fourth-order valence-electron chi connectivity index (χ4n) is 3.34. The van der Waals surface area contributed by atoms with Crippen LogP contribution < -0.4 is 5.73 Å². The Morgan fingerprint density at radius 3 is 2.50 bits per heavy atom. The van der Waals surface area contributed by atoms with Crippen molar-refractivity contribution in [2.45, 2.75) is 64.7 Å². The smallest absolute Gasteiger partial charge is 0.115 e. The molecule has 0 spiro atoms. The van der Waals surface area contributed by atoms with Crippen molar-refractivity contribution in [3.05, 3.63) is 30.1 Å². The lowest BCUT2D eigenvalue weighted by Gasteiger charge is -2.35. The first-order valence-electron chi connectivity index (χ1n) is 7.92. The Morgan fingerprint density at radius 1 is 1.25 bits per heavy atom. The average Bonchev–Trinajstić information content (AvgIpc) is 2.44. The number of ether oxygens (including phenoxy) is 1. The predicted molar refractivity (Wildman–Crippen MR) is 82.3 cm³/mol. The largest absolute Gasteiger partial charge is 0.367 e. The van der Waals surface area contributed by atoms with Crippen molar-refractivity contribution in [1.29, 1.82) is 0 Å². The van der Waals surface area contributed by atoms with Crippen molar-refractivity contribution >= 4 is 0 Å². The molecule has 0 radical (unpaired) electrons. The summed E-state index contributed by atoms with van der Waals surface area (Å²) in [6.45, 7) is 6.75. The lowest BCUT2D eigenvalue weighted by molar-refractivity contribution is -0.0628. The number of aromatic nitrogens is 1. The Kier molecular flexibility index (Phi) is 5.55. The summed E-state index contributed by atoms with van der Waals surface area (Å²) < 4.78 is 6.38. The van der Waals surface area contributed by atoms with E-state index in [1.54, 1.807) is 0 Å². The van der Waals surface area contributed by atoms with Gasteiger partial charge in [0.15, 0.2) is 0 Å². The summed E-state index contributed by atoms with van der Waals surface area (Å²) in [6.07, 6.45) is 6.56. The van der Waals surface area contributed by atoms with Crippen LogP contribution in [-0.2, 0) is 4.74 Å². The maximum absolute atomic E-state index is 6.38. The summed E-state index contributed by atoms with van der Waals surface area (Å²) in [4.78, 5) is 4.45. The first-order valence-corrected chi connectivity index (χ1v) is 7.92. The van der Waals surface area contributed by atoms with Gasteiger partial charge in [0.05, 0.1) is 11.8 Å². The van der Waals surface area contributed by atoms with Crippen molar-refractivity contribution in [3.63, 3.8) is 0 Å². The van der Waals surface area contributed by atoms with Crippen LogP contribution in [0.4, 0.5) is 0 Å². The zero-order valence-electron chi connectivity index (χ0n) is 13.0. The number of nitrogens with two attached hydrogens (primary N) is 1. The minimum atomic E-state index is -0.0799. The minimum absolute atomic E-state index is 0.0115. The van der Waals surface area contributed by atoms with Crippen LogP contribution in [0.25, 0.3) is 0 Å². The molecule has 20 heavy (non-hydrogen) atoms. The Balaban J connectivity index is 2.08. The molecule has 112 valence electrons. The van der Waals surface area contributed by atoms with Crippen molar-refractivity contribution in [2.24, 2.45) is 17.6 Å². The van der Waals surface area contributed by atoms with E-state index in [-0.39, 0.29) is 12.1 Å². The molecule has 0 saturated heterocycles. The van der Waals surface area contributed by atoms with Crippen LogP contribution in [0.2, 0.25) is 0 Å². The zero-order valence-corrected chi connectivity index (χ0v) is 13.0. The van der Waals surface area contributed by atoms with Gasteiger partial charge in [-0.3, -0.25) is 4.98 Å². The molecule has 0 aliphatic heterocycles. The normalized spacial score (nSPS) is 29.9. The maximum atomic E-state index is 6.38. The molecule has 1 heterocycles. The Morgan fingerprint density at radius 2 is 1.95 bits per heavy atom. The van der Waals surface area contributed by atoms with Gasteiger partial charge in [-0.25, -0.2) is 0 Å². The summed E-state index contributed by atoms with van der Waals surface area (Å²) >= 11 is 0. The fourth-order valence-corrected chi connectivity index (χ4v) is 3.34.